The summed E-state index contributed by atoms with van der Waals surface area (Å²) in [5.41, 5.74) is 0.989. The van der Waals surface area contributed by atoms with Gasteiger partial charge < -0.3 is 20.7 Å². The lowest BCUT2D eigenvalue weighted by atomic mass is 10.2. The molecule has 0 saturated carbocycles. The molecule has 7 heteroatoms. The van der Waals surface area contributed by atoms with Crippen LogP contribution in [0.25, 0.3) is 0 Å². The van der Waals surface area contributed by atoms with E-state index in [2.05, 4.69) is 16.0 Å². The van der Waals surface area contributed by atoms with Gasteiger partial charge in [-0.1, -0.05) is 18.2 Å². The maximum absolute atomic E-state index is 11.9. The molecule has 6 nitrogen and oxygen atoms in total. The second-order valence-corrected chi connectivity index (χ2v) is 7.48. The Morgan fingerprint density at radius 3 is 2.56 bits per heavy atom. The van der Waals surface area contributed by atoms with Gasteiger partial charge in [0.2, 0.25) is 0 Å². The van der Waals surface area contributed by atoms with E-state index in [1.165, 1.54) is 0 Å². The van der Waals surface area contributed by atoms with Crippen LogP contribution in [0.4, 0.5) is 15.3 Å². The van der Waals surface area contributed by atoms with Crippen LogP contribution in [-0.4, -0.2) is 17.7 Å². The van der Waals surface area contributed by atoms with Crippen LogP contribution >= 0.6 is 11.3 Å². The number of hydrogen-bond donors (Lipinski definition) is 3. The van der Waals surface area contributed by atoms with Crippen LogP contribution in [0.3, 0.4) is 0 Å². The van der Waals surface area contributed by atoms with Crippen molar-refractivity contribution in [3.63, 3.8) is 0 Å². The maximum atomic E-state index is 11.9. The number of carbonyl (C=O) groups is 2. The predicted octanol–water partition coefficient (Wildman–Crippen LogP) is 4.09. The van der Waals surface area contributed by atoms with Crippen LogP contribution in [-0.2, 0) is 17.8 Å². The molecular formula is C18H23N3O3S. The Morgan fingerprint density at radius 2 is 1.88 bits per heavy atom. The van der Waals surface area contributed by atoms with Gasteiger partial charge in [0.15, 0.2) is 0 Å². The van der Waals surface area contributed by atoms with E-state index in [1.54, 1.807) is 17.4 Å². The SMILES string of the molecule is CC(C)(C)OC(=O)NCc1cccc(NC(=O)NCc2cccs2)c1. The average molecular weight is 361 g/mol. The van der Waals surface area contributed by atoms with Gasteiger partial charge in [-0.15, -0.1) is 11.3 Å². The summed E-state index contributed by atoms with van der Waals surface area (Å²) in [5.74, 6) is 0. The van der Waals surface area contributed by atoms with Crippen molar-refractivity contribution in [2.24, 2.45) is 0 Å². The first-order chi connectivity index (χ1) is 11.8. The van der Waals surface area contributed by atoms with Crippen molar-refractivity contribution < 1.29 is 14.3 Å². The number of benzene rings is 1. The summed E-state index contributed by atoms with van der Waals surface area (Å²) in [6.07, 6.45) is -0.473. The van der Waals surface area contributed by atoms with Gasteiger partial charge in [0.05, 0.1) is 6.54 Å². The van der Waals surface area contributed by atoms with Gasteiger partial charge in [-0.2, -0.15) is 0 Å². The highest BCUT2D eigenvalue weighted by atomic mass is 32.1. The number of hydrogen-bond acceptors (Lipinski definition) is 4. The van der Waals surface area contributed by atoms with E-state index in [1.807, 2.05) is 56.5 Å². The summed E-state index contributed by atoms with van der Waals surface area (Å²) in [5, 5.41) is 10.2. The number of ether oxygens (including phenoxy) is 1. The van der Waals surface area contributed by atoms with Crippen LogP contribution in [0, 0.1) is 0 Å². The highest BCUT2D eigenvalue weighted by molar-refractivity contribution is 7.09. The van der Waals surface area contributed by atoms with Crippen molar-refractivity contribution in [1.29, 1.82) is 0 Å². The molecule has 1 heterocycles. The Hall–Kier alpha value is -2.54. The molecule has 134 valence electrons. The second-order valence-electron chi connectivity index (χ2n) is 6.44. The van der Waals surface area contributed by atoms with Crippen molar-refractivity contribution in [2.45, 2.75) is 39.5 Å². The summed E-state index contributed by atoms with van der Waals surface area (Å²) in [7, 11) is 0. The zero-order valence-electron chi connectivity index (χ0n) is 14.6. The minimum absolute atomic E-state index is 0.273. The van der Waals surface area contributed by atoms with Gasteiger partial charge in [-0.05, 0) is 49.9 Å². The average Bonchev–Trinajstić information content (AvgIpc) is 3.03. The van der Waals surface area contributed by atoms with Crippen LogP contribution in [0.1, 0.15) is 31.2 Å². The standard InChI is InChI=1S/C18H23N3O3S/c1-18(2,3)24-17(23)20-11-13-6-4-7-14(10-13)21-16(22)19-12-15-8-5-9-25-15/h4-10H,11-12H2,1-3H3,(H,20,23)(H2,19,21,22). The van der Waals surface area contributed by atoms with E-state index in [0.717, 1.165) is 10.4 Å². The lowest BCUT2D eigenvalue weighted by Gasteiger charge is -2.19. The third-order valence-electron chi connectivity index (χ3n) is 3.02. The summed E-state index contributed by atoms with van der Waals surface area (Å²) in [6.45, 7) is 6.24. The number of anilines is 1. The number of rotatable bonds is 5. The minimum Gasteiger partial charge on any atom is -0.444 e. The molecule has 0 radical (unpaired) electrons. The van der Waals surface area contributed by atoms with E-state index >= 15 is 0 Å². The monoisotopic (exact) mass is 361 g/mol. The number of alkyl carbamates (subject to hydrolysis) is 1. The zero-order chi connectivity index (χ0) is 18.3. The molecule has 2 aromatic rings. The number of thiophene rings is 1. The molecule has 0 unspecified atom stereocenters. The molecule has 3 N–H and O–H groups in total. The highest BCUT2D eigenvalue weighted by Gasteiger charge is 2.15. The summed E-state index contributed by atoms with van der Waals surface area (Å²) in [6, 6.07) is 10.9. The van der Waals surface area contributed by atoms with Gasteiger partial charge in [0, 0.05) is 17.1 Å². The van der Waals surface area contributed by atoms with E-state index in [9.17, 15) is 9.59 Å². The largest absolute Gasteiger partial charge is 0.444 e. The quantitative estimate of drug-likeness (QED) is 0.750. The maximum Gasteiger partial charge on any atom is 0.407 e. The normalized spacial score (nSPS) is 10.8. The lowest BCUT2D eigenvalue weighted by molar-refractivity contribution is 0.0523. The van der Waals surface area contributed by atoms with Crippen LogP contribution in [0.5, 0.6) is 0 Å². The smallest absolute Gasteiger partial charge is 0.407 e. The number of urea groups is 1. The molecule has 1 aromatic heterocycles. The minimum atomic E-state index is -0.534. The fraction of sp³-hybridized carbons (Fsp3) is 0.333. The van der Waals surface area contributed by atoms with E-state index in [-0.39, 0.29) is 6.03 Å². The van der Waals surface area contributed by atoms with Crippen LogP contribution in [0.15, 0.2) is 41.8 Å². The van der Waals surface area contributed by atoms with Crippen LogP contribution in [0.2, 0.25) is 0 Å². The van der Waals surface area contributed by atoms with Gasteiger partial charge in [-0.3, -0.25) is 0 Å². The molecule has 0 atom stereocenters. The third-order valence-corrected chi connectivity index (χ3v) is 3.90. The van der Waals surface area contributed by atoms with Gasteiger partial charge in [0.1, 0.15) is 5.60 Å². The fourth-order valence-electron chi connectivity index (χ4n) is 2.00. The van der Waals surface area contributed by atoms with E-state index in [0.29, 0.717) is 18.8 Å². The van der Waals surface area contributed by atoms with E-state index < -0.39 is 11.7 Å². The molecule has 0 aliphatic heterocycles. The Balaban J connectivity index is 1.81. The fourth-order valence-corrected chi connectivity index (χ4v) is 2.65. The lowest BCUT2D eigenvalue weighted by Crippen LogP contribution is -2.32. The molecule has 3 amide bonds. The van der Waals surface area contributed by atoms with Gasteiger partial charge in [-0.25, -0.2) is 9.59 Å². The van der Waals surface area contributed by atoms with Gasteiger partial charge >= 0.3 is 12.1 Å². The third kappa shape index (κ3) is 7.26. The molecule has 0 fully saturated rings. The topological polar surface area (TPSA) is 79.5 Å². The molecule has 25 heavy (non-hydrogen) atoms. The van der Waals surface area contributed by atoms with Crippen molar-refractivity contribution in [2.75, 3.05) is 5.32 Å². The summed E-state index contributed by atoms with van der Waals surface area (Å²) >= 11 is 1.59. The first-order valence-electron chi connectivity index (χ1n) is 7.95. The molecule has 0 aliphatic rings. The first-order valence-corrected chi connectivity index (χ1v) is 8.83. The molecule has 0 saturated heterocycles. The first kappa shape index (κ1) is 18.8. The molecule has 2 rings (SSSR count). The van der Waals surface area contributed by atoms with Crippen molar-refractivity contribution in [3.8, 4) is 0 Å². The Labute approximate surface area is 151 Å². The summed E-state index contributed by atoms with van der Waals surface area (Å²) in [4.78, 5) is 24.7. The Morgan fingerprint density at radius 1 is 1.08 bits per heavy atom. The van der Waals surface area contributed by atoms with Gasteiger partial charge in [0.25, 0.3) is 0 Å². The van der Waals surface area contributed by atoms with Crippen molar-refractivity contribution in [3.05, 3.63) is 52.2 Å². The van der Waals surface area contributed by atoms with Crippen molar-refractivity contribution in [1.82, 2.24) is 10.6 Å². The molecule has 0 aliphatic carbocycles. The highest BCUT2D eigenvalue weighted by Crippen LogP contribution is 2.12. The number of carbonyl (C=O) groups excluding carboxylic acids is 2. The van der Waals surface area contributed by atoms with Crippen molar-refractivity contribution >= 4 is 29.1 Å². The molecule has 0 spiro atoms. The Kier molecular flexibility index (Phi) is 6.41. The number of amides is 3. The second kappa shape index (κ2) is 8.53. The predicted molar refractivity (Wildman–Crippen MR) is 99.7 cm³/mol. The molecule has 0 bridgehead atoms. The van der Waals surface area contributed by atoms with E-state index in [4.69, 9.17) is 4.74 Å². The molecular weight excluding hydrogens is 338 g/mol. The molecule has 1 aromatic carbocycles. The Bertz CT molecular complexity index is 709. The summed E-state index contributed by atoms with van der Waals surface area (Å²) < 4.78 is 5.19. The zero-order valence-corrected chi connectivity index (χ0v) is 15.4. The van der Waals surface area contributed by atoms with Crippen LogP contribution < -0.4 is 16.0 Å². The number of nitrogens with one attached hydrogen (secondary N) is 3.